The first-order valence-corrected chi connectivity index (χ1v) is 11.8. The van der Waals surface area contributed by atoms with Crippen LogP contribution < -0.4 is 10.1 Å². The van der Waals surface area contributed by atoms with Gasteiger partial charge in [0.25, 0.3) is 5.91 Å². The number of anilines is 1. The minimum atomic E-state index is -0.257. The van der Waals surface area contributed by atoms with Gasteiger partial charge in [-0.25, -0.2) is 0 Å². The molecule has 1 fully saturated rings. The predicted molar refractivity (Wildman–Crippen MR) is 135 cm³/mol. The van der Waals surface area contributed by atoms with Crippen LogP contribution in [-0.4, -0.2) is 65.0 Å². The van der Waals surface area contributed by atoms with E-state index in [0.29, 0.717) is 55.9 Å². The van der Waals surface area contributed by atoms with Gasteiger partial charge in [-0.1, -0.05) is 53.7 Å². The van der Waals surface area contributed by atoms with Gasteiger partial charge in [0.1, 0.15) is 5.75 Å². The van der Waals surface area contributed by atoms with Gasteiger partial charge >= 0.3 is 0 Å². The number of para-hydroxylation sites is 2. The van der Waals surface area contributed by atoms with Gasteiger partial charge in [0.2, 0.25) is 11.8 Å². The molecule has 4 aromatic rings. The highest BCUT2D eigenvalue weighted by Gasteiger charge is 2.24. The van der Waals surface area contributed by atoms with Crippen LogP contribution in [-0.2, 0) is 17.8 Å². The summed E-state index contributed by atoms with van der Waals surface area (Å²) in [6.07, 6.45) is -0.00510. The number of benzene rings is 3. The Labute approximate surface area is 208 Å². The maximum Gasteiger partial charge on any atom is 0.254 e. The number of methoxy groups -OCH3 is 1. The molecule has 0 spiro atoms. The molecule has 1 aromatic heterocycles. The van der Waals surface area contributed by atoms with Crippen LogP contribution in [0.4, 0.5) is 5.69 Å². The zero-order chi connectivity index (χ0) is 24.9. The van der Waals surface area contributed by atoms with Crippen molar-refractivity contribution >= 4 is 28.3 Å². The van der Waals surface area contributed by atoms with Gasteiger partial charge in [-0.05, 0) is 29.0 Å². The van der Waals surface area contributed by atoms with Crippen LogP contribution in [0, 0.1) is 0 Å². The van der Waals surface area contributed by atoms with Crippen molar-refractivity contribution in [1.29, 1.82) is 0 Å². The van der Waals surface area contributed by atoms with Crippen molar-refractivity contribution in [2.75, 3.05) is 38.6 Å². The Bertz CT molecular complexity index is 1370. The molecule has 9 heteroatoms. The number of nitrogens with zero attached hydrogens (tertiary/aromatic N) is 4. The number of hydrogen-bond acceptors (Lipinski definition) is 7. The number of hydrogen-bond donors (Lipinski definition) is 1. The molecule has 1 saturated heterocycles. The molecule has 0 radical (unpaired) electrons. The van der Waals surface area contributed by atoms with Crippen LogP contribution >= 0.6 is 0 Å². The highest BCUT2D eigenvalue weighted by atomic mass is 16.5. The van der Waals surface area contributed by atoms with E-state index < -0.39 is 0 Å². The molecular formula is C27H27N5O4. The zero-order valence-corrected chi connectivity index (χ0v) is 20.0. The lowest BCUT2D eigenvalue weighted by Crippen LogP contribution is -2.48. The molecule has 1 N–H and O–H groups in total. The number of fused-ring (bicyclic) bond motifs is 1. The van der Waals surface area contributed by atoms with Crippen molar-refractivity contribution < 1.29 is 18.8 Å². The molecule has 0 atom stereocenters. The molecule has 184 valence electrons. The lowest BCUT2D eigenvalue weighted by Gasteiger charge is -2.34. The van der Waals surface area contributed by atoms with Gasteiger partial charge in [-0.15, -0.1) is 0 Å². The molecule has 2 amide bonds. The van der Waals surface area contributed by atoms with E-state index in [1.807, 2.05) is 59.5 Å². The molecule has 36 heavy (non-hydrogen) atoms. The fourth-order valence-corrected chi connectivity index (χ4v) is 4.39. The maximum atomic E-state index is 13.2. The summed E-state index contributed by atoms with van der Waals surface area (Å²) in [6, 6.07) is 21.0. The number of carbonyl (C=O) groups is 2. The average Bonchev–Trinajstić information content (AvgIpc) is 3.35. The largest absolute Gasteiger partial charge is 0.495 e. The van der Waals surface area contributed by atoms with Crippen molar-refractivity contribution in [3.05, 3.63) is 84.0 Å². The van der Waals surface area contributed by atoms with E-state index in [9.17, 15) is 9.59 Å². The minimum absolute atomic E-state index is 0.00510. The van der Waals surface area contributed by atoms with E-state index in [1.165, 1.54) is 0 Å². The van der Waals surface area contributed by atoms with Crippen molar-refractivity contribution in [1.82, 2.24) is 19.9 Å². The lowest BCUT2D eigenvalue weighted by atomic mass is 10.0. The first-order chi connectivity index (χ1) is 17.6. The Kier molecular flexibility index (Phi) is 6.90. The summed E-state index contributed by atoms with van der Waals surface area (Å²) < 4.78 is 10.6. The molecule has 0 unspecified atom stereocenters. The lowest BCUT2D eigenvalue weighted by molar-refractivity contribution is -0.115. The number of aromatic nitrogens is 2. The van der Waals surface area contributed by atoms with Crippen LogP contribution in [0.15, 0.2) is 71.3 Å². The van der Waals surface area contributed by atoms with Crippen molar-refractivity contribution in [3.8, 4) is 5.75 Å². The minimum Gasteiger partial charge on any atom is -0.495 e. The van der Waals surface area contributed by atoms with Crippen molar-refractivity contribution in [3.63, 3.8) is 0 Å². The summed E-state index contributed by atoms with van der Waals surface area (Å²) >= 11 is 0. The molecule has 3 aromatic carbocycles. The number of ether oxygens (including phenoxy) is 1. The molecule has 1 aliphatic heterocycles. The van der Waals surface area contributed by atoms with Crippen molar-refractivity contribution in [2.24, 2.45) is 0 Å². The normalized spacial score (nSPS) is 14.1. The SMILES string of the molecule is COc1ccccc1NC(=O)Cc1noc(CN2CCN(C(=O)c3cccc4ccccc34)CC2)n1. The Hall–Kier alpha value is -4.24. The average molecular weight is 486 g/mol. The Balaban J connectivity index is 1.14. The van der Waals surface area contributed by atoms with Gasteiger partial charge in [-0.2, -0.15) is 4.98 Å². The molecule has 0 aliphatic carbocycles. The first kappa shape index (κ1) is 23.5. The van der Waals surface area contributed by atoms with Crippen LogP contribution in [0.2, 0.25) is 0 Å². The third kappa shape index (κ3) is 5.21. The molecular weight excluding hydrogens is 458 g/mol. The summed E-state index contributed by atoms with van der Waals surface area (Å²) in [5.74, 6) is 1.14. The summed E-state index contributed by atoms with van der Waals surface area (Å²) in [7, 11) is 1.55. The number of nitrogens with one attached hydrogen (secondary N) is 1. The van der Waals surface area contributed by atoms with Gasteiger partial charge in [0.15, 0.2) is 5.82 Å². The van der Waals surface area contributed by atoms with E-state index in [-0.39, 0.29) is 18.2 Å². The summed E-state index contributed by atoms with van der Waals surface area (Å²) in [5.41, 5.74) is 1.32. The second-order valence-corrected chi connectivity index (χ2v) is 8.62. The van der Waals surface area contributed by atoms with Gasteiger partial charge in [-0.3, -0.25) is 14.5 Å². The van der Waals surface area contributed by atoms with E-state index in [4.69, 9.17) is 9.26 Å². The summed E-state index contributed by atoms with van der Waals surface area (Å²) in [6.45, 7) is 3.09. The van der Waals surface area contributed by atoms with Gasteiger partial charge in [0, 0.05) is 31.7 Å². The molecule has 2 heterocycles. The van der Waals surface area contributed by atoms with E-state index in [2.05, 4.69) is 20.4 Å². The van der Waals surface area contributed by atoms with Gasteiger partial charge in [0.05, 0.1) is 25.8 Å². The fraction of sp³-hybridized carbons (Fsp3) is 0.259. The van der Waals surface area contributed by atoms with E-state index in [1.54, 1.807) is 19.2 Å². The predicted octanol–water partition coefficient (Wildman–Crippen LogP) is 3.37. The van der Waals surface area contributed by atoms with Crippen LogP contribution in [0.5, 0.6) is 5.75 Å². The molecule has 0 bridgehead atoms. The van der Waals surface area contributed by atoms with Crippen molar-refractivity contribution in [2.45, 2.75) is 13.0 Å². The highest BCUT2D eigenvalue weighted by Crippen LogP contribution is 2.23. The third-order valence-electron chi connectivity index (χ3n) is 6.25. The van der Waals surface area contributed by atoms with Crippen LogP contribution in [0.1, 0.15) is 22.1 Å². The second kappa shape index (κ2) is 10.6. The van der Waals surface area contributed by atoms with E-state index >= 15 is 0 Å². The topological polar surface area (TPSA) is 101 Å². The van der Waals surface area contributed by atoms with Crippen LogP contribution in [0.3, 0.4) is 0 Å². The smallest absolute Gasteiger partial charge is 0.254 e. The first-order valence-electron chi connectivity index (χ1n) is 11.8. The Morgan fingerprint density at radius 1 is 0.972 bits per heavy atom. The summed E-state index contributed by atoms with van der Waals surface area (Å²) in [4.78, 5) is 34.0. The maximum absolute atomic E-state index is 13.2. The Morgan fingerprint density at radius 3 is 2.56 bits per heavy atom. The third-order valence-corrected chi connectivity index (χ3v) is 6.25. The molecule has 9 nitrogen and oxygen atoms in total. The van der Waals surface area contributed by atoms with Gasteiger partial charge < -0.3 is 19.5 Å². The fourth-order valence-electron chi connectivity index (χ4n) is 4.39. The number of piperazine rings is 1. The second-order valence-electron chi connectivity index (χ2n) is 8.62. The monoisotopic (exact) mass is 485 g/mol. The van der Waals surface area contributed by atoms with E-state index in [0.717, 1.165) is 16.3 Å². The molecule has 5 rings (SSSR count). The number of carbonyl (C=O) groups excluding carboxylic acids is 2. The Morgan fingerprint density at radius 2 is 1.72 bits per heavy atom. The zero-order valence-electron chi connectivity index (χ0n) is 20.0. The number of amides is 2. The summed E-state index contributed by atoms with van der Waals surface area (Å²) in [5, 5.41) is 8.79. The molecule has 0 saturated carbocycles. The standard InChI is InChI=1S/C27H27N5O4/c1-35-23-12-5-4-11-22(23)28-25(33)17-24-29-26(36-30-24)18-31-13-15-32(16-14-31)27(34)21-10-6-8-19-7-2-3-9-20(19)21/h2-12H,13-18H2,1H3,(H,28,33). The quantitative estimate of drug-likeness (QED) is 0.428. The molecule has 1 aliphatic rings. The number of rotatable bonds is 7. The van der Waals surface area contributed by atoms with Crippen LogP contribution in [0.25, 0.3) is 10.8 Å². The highest BCUT2D eigenvalue weighted by molar-refractivity contribution is 6.07.